The van der Waals surface area contributed by atoms with Crippen molar-refractivity contribution in [3.8, 4) is 5.88 Å². The van der Waals surface area contributed by atoms with Crippen LogP contribution in [-0.4, -0.2) is 27.8 Å². The lowest BCUT2D eigenvalue weighted by molar-refractivity contribution is -0.120. The van der Waals surface area contributed by atoms with Crippen LogP contribution in [0.25, 0.3) is 0 Å². The quantitative estimate of drug-likeness (QED) is 0.334. The fourth-order valence-electron chi connectivity index (χ4n) is 3.70. The number of aryl methyl sites for hydroxylation is 1. The molecule has 0 saturated heterocycles. The minimum atomic E-state index is -0.125. The zero-order chi connectivity index (χ0) is 24.0. The lowest BCUT2D eigenvalue weighted by Crippen LogP contribution is -2.16. The number of anilines is 1. The Morgan fingerprint density at radius 3 is 2.73 bits per heavy atom. The van der Waals surface area contributed by atoms with Crippen LogP contribution in [-0.2, 0) is 16.6 Å². The van der Waals surface area contributed by atoms with Crippen molar-refractivity contribution in [1.82, 2.24) is 4.98 Å². The number of carbonyl (C=O) groups is 1. The molecular formula is C27H38N2O2S2. The summed E-state index contributed by atoms with van der Waals surface area (Å²) in [6, 6.07) is 10.6. The number of rotatable bonds is 11. The number of ether oxygens (including phenoxy) is 1. The zero-order valence-corrected chi connectivity index (χ0v) is 22.5. The molecule has 2 unspecified atom stereocenters. The first-order valence-electron chi connectivity index (χ1n) is 12.1. The molecular weight excluding hydrogens is 448 g/mol. The van der Waals surface area contributed by atoms with E-state index in [1.807, 2.05) is 30.4 Å². The largest absolute Gasteiger partial charge is 0.477 e. The molecule has 1 aromatic heterocycles. The number of nitrogens with zero attached hydrogens (tertiary/aromatic N) is 1. The summed E-state index contributed by atoms with van der Waals surface area (Å²) in [6.45, 7) is 13.5. The molecule has 1 N–H and O–H groups in total. The summed E-state index contributed by atoms with van der Waals surface area (Å²) in [7, 11) is 0. The molecule has 2 heterocycles. The second kappa shape index (κ2) is 11.7. The average molecular weight is 487 g/mol. The van der Waals surface area contributed by atoms with Gasteiger partial charge in [-0.3, -0.25) is 4.79 Å². The maximum atomic E-state index is 13.1. The maximum absolute atomic E-state index is 13.1. The van der Waals surface area contributed by atoms with Crippen LogP contribution in [0, 0.1) is 0 Å². The van der Waals surface area contributed by atoms with Crippen molar-refractivity contribution in [2.75, 3.05) is 17.7 Å². The molecule has 0 bridgehead atoms. The van der Waals surface area contributed by atoms with Crippen molar-refractivity contribution in [2.45, 2.75) is 88.2 Å². The summed E-state index contributed by atoms with van der Waals surface area (Å²) in [5, 5.41) is 3.54. The Morgan fingerprint density at radius 1 is 1.24 bits per heavy atom. The Hall–Kier alpha value is -1.66. The average Bonchev–Trinajstić information content (AvgIpc) is 3.18. The minimum absolute atomic E-state index is 0.0409. The molecule has 1 aliphatic heterocycles. The van der Waals surface area contributed by atoms with Crippen molar-refractivity contribution in [2.24, 2.45) is 0 Å². The molecule has 0 aliphatic carbocycles. The van der Waals surface area contributed by atoms with Crippen molar-refractivity contribution in [3.05, 3.63) is 47.2 Å². The second-order valence-electron chi connectivity index (χ2n) is 9.61. The van der Waals surface area contributed by atoms with E-state index in [9.17, 15) is 4.79 Å². The minimum Gasteiger partial charge on any atom is -0.477 e. The summed E-state index contributed by atoms with van der Waals surface area (Å²) in [6.07, 6.45) is 3.22. The number of benzene rings is 1. The molecule has 0 fully saturated rings. The monoisotopic (exact) mass is 486 g/mol. The molecule has 1 aromatic carbocycles. The van der Waals surface area contributed by atoms with Gasteiger partial charge >= 0.3 is 0 Å². The van der Waals surface area contributed by atoms with Crippen LogP contribution < -0.4 is 10.1 Å². The van der Waals surface area contributed by atoms with Gasteiger partial charge in [-0.15, -0.1) is 11.8 Å². The van der Waals surface area contributed by atoms with Crippen LogP contribution in [0.5, 0.6) is 5.88 Å². The molecule has 0 spiro atoms. The van der Waals surface area contributed by atoms with Gasteiger partial charge in [0.15, 0.2) is 0 Å². The van der Waals surface area contributed by atoms with Crippen LogP contribution in [0.1, 0.15) is 83.5 Å². The Labute approximate surface area is 208 Å². The maximum Gasteiger partial charge on any atom is 0.216 e. The summed E-state index contributed by atoms with van der Waals surface area (Å²) in [4.78, 5) is 19.1. The Morgan fingerprint density at radius 2 is 2.03 bits per heavy atom. The van der Waals surface area contributed by atoms with Crippen molar-refractivity contribution in [1.29, 1.82) is 0 Å². The number of ketones is 1. The molecule has 3 rings (SSSR count). The molecule has 2 atom stereocenters. The molecule has 0 radical (unpaired) electrons. The molecule has 0 amide bonds. The standard InChI is InChI=1S/C27H38N2O2S2/c1-7-9-16-31-25-19(12-15-24(29-25)27(4,5)6)11-14-22(30)18(3)20-10-13-21-23(17-20)33-26(28-21)32-8-2/h10,12-13,15,17-18,26,28H,7-9,11,14,16H2,1-6H3. The van der Waals surface area contributed by atoms with Crippen LogP contribution in [0.3, 0.4) is 0 Å². The lowest BCUT2D eigenvalue weighted by atomic mass is 9.90. The van der Waals surface area contributed by atoms with E-state index < -0.39 is 0 Å². The first-order valence-corrected chi connectivity index (χ1v) is 14.0. The van der Waals surface area contributed by atoms with Gasteiger partial charge in [0.25, 0.3) is 0 Å². The highest BCUT2D eigenvalue weighted by atomic mass is 32.2. The predicted octanol–water partition coefficient (Wildman–Crippen LogP) is 7.42. The number of hydrogen-bond acceptors (Lipinski definition) is 6. The van der Waals surface area contributed by atoms with Gasteiger partial charge < -0.3 is 10.1 Å². The lowest BCUT2D eigenvalue weighted by Gasteiger charge is -2.20. The number of aromatic nitrogens is 1. The topological polar surface area (TPSA) is 51.2 Å². The van der Waals surface area contributed by atoms with Gasteiger partial charge in [0.1, 0.15) is 10.5 Å². The third kappa shape index (κ3) is 6.92. The number of nitrogens with one attached hydrogen (secondary N) is 1. The van der Waals surface area contributed by atoms with Crippen LogP contribution in [0.2, 0.25) is 0 Å². The number of fused-ring (bicyclic) bond motifs is 1. The highest BCUT2D eigenvalue weighted by Crippen LogP contribution is 2.44. The number of unbranched alkanes of at least 4 members (excludes halogenated alkanes) is 1. The summed E-state index contributed by atoms with van der Waals surface area (Å²) in [5.41, 5.74) is 4.26. The first-order chi connectivity index (χ1) is 15.7. The zero-order valence-electron chi connectivity index (χ0n) is 20.9. The van der Waals surface area contributed by atoms with Gasteiger partial charge in [-0.05, 0) is 42.4 Å². The summed E-state index contributed by atoms with van der Waals surface area (Å²) < 4.78 is 6.40. The SMILES string of the molecule is CCCCOc1nc(C(C)(C)C)ccc1CCC(=O)C(C)c1ccc2c(c1)SC(SCC)N2. The van der Waals surface area contributed by atoms with Gasteiger partial charge in [-0.25, -0.2) is 4.98 Å². The predicted molar refractivity (Wildman–Crippen MR) is 143 cm³/mol. The number of thioether (sulfide) groups is 2. The van der Waals surface area contributed by atoms with Crippen LogP contribution >= 0.6 is 23.5 Å². The number of hydrogen-bond donors (Lipinski definition) is 1. The number of pyridine rings is 1. The highest BCUT2D eigenvalue weighted by Gasteiger charge is 2.24. The third-order valence-corrected chi connectivity index (χ3v) is 8.27. The van der Waals surface area contributed by atoms with Gasteiger partial charge in [-0.1, -0.05) is 71.9 Å². The fraction of sp³-hybridized carbons (Fsp3) is 0.556. The molecule has 4 nitrogen and oxygen atoms in total. The summed E-state index contributed by atoms with van der Waals surface area (Å²) in [5.74, 6) is 1.90. The Kier molecular flexibility index (Phi) is 9.17. The Balaban J connectivity index is 1.67. The van der Waals surface area contributed by atoms with E-state index in [-0.39, 0.29) is 17.1 Å². The van der Waals surface area contributed by atoms with Crippen molar-refractivity contribution >= 4 is 35.0 Å². The van der Waals surface area contributed by atoms with E-state index in [1.165, 1.54) is 10.6 Å². The van der Waals surface area contributed by atoms with Gasteiger partial charge in [0, 0.05) is 39.6 Å². The van der Waals surface area contributed by atoms with Gasteiger partial charge in [0.05, 0.1) is 6.61 Å². The van der Waals surface area contributed by atoms with Crippen LogP contribution in [0.4, 0.5) is 5.69 Å². The Bertz CT molecular complexity index is 956. The second-order valence-corrected chi connectivity index (χ2v) is 12.4. The van der Waals surface area contributed by atoms with Crippen LogP contribution in [0.15, 0.2) is 35.2 Å². The van der Waals surface area contributed by atoms with E-state index in [0.29, 0.717) is 30.0 Å². The van der Waals surface area contributed by atoms with E-state index in [4.69, 9.17) is 9.72 Å². The van der Waals surface area contributed by atoms with E-state index in [2.05, 4.69) is 70.3 Å². The highest BCUT2D eigenvalue weighted by molar-refractivity contribution is 8.17. The molecule has 33 heavy (non-hydrogen) atoms. The molecule has 0 saturated carbocycles. The van der Waals surface area contributed by atoms with Crippen molar-refractivity contribution in [3.63, 3.8) is 0 Å². The summed E-state index contributed by atoms with van der Waals surface area (Å²) >= 11 is 3.74. The van der Waals surface area contributed by atoms with Crippen molar-refractivity contribution < 1.29 is 9.53 Å². The first kappa shape index (κ1) is 26.0. The number of Topliss-reactive ketones (excluding diaryl/α,β-unsaturated/α-hetero) is 1. The molecule has 2 aromatic rings. The van der Waals surface area contributed by atoms with E-state index in [0.717, 1.165) is 35.4 Å². The smallest absolute Gasteiger partial charge is 0.216 e. The molecule has 180 valence electrons. The normalized spacial score (nSPS) is 16.2. The van der Waals surface area contributed by atoms with Gasteiger partial charge in [0.2, 0.25) is 5.88 Å². The number of carbonyl (C=O) groups excluding carboxylic acids is 1. The fourth-order valence-corrected chi connectivity index (χ4v) is 6.08. The third-order valence-electron chi connectivity index (χ3n) is 5.90. The van der Waals surface area contributed by atoms with Gasteiger partial charge in [-0.2, -0.15) is 0 Å². The van der Waals surface area contributed by atoms with E-state index >= 15 is 0 Å². The molecule has 1 aliphatic rings. The molecule has 6 heteroatoms. The van der Waals surface area contributed by atoms with E-state index in [1.54, 1.807) is 0 Å².